The first-order chi connectivity index (χ1) is 6.41. The van der Waals surface area contributed by atoms with Crippen LogP contribution >= 0.6 is 0 Å². The van der Waals surface area contributed by atoms with E-state index in [1.807, 2.05) is 0 Å². The van der Waals surface area contributed by atoms with Crippen LogP contribution in [0, 0.1) is 5.92 Å². The van der Waals surface area contributed by atoms with E-state index >= 15 is 0 Å². The first-order valence-electron chi connectivity index (χ1n) is 5.95. The minimum absolute atomic E-state index is 0.556. The summed E-state index contributed by atoms with van der Waals surface area (Å²) in [6.07, 6.45) is 5.76. The molecule has 2 heteroatoms. The molecule has 0 amide bonds. The number of hydrogen-bond acceptors (Lipinski definition) is 1. The molecule has 84 valence electrons. The van der Waals surface area contributed by atoms with Crippen molar-refractivity contribution in [3.05, 3.63) is 0 Å². The average molecular weight is 214 g/mol. The molecule has 0 N–H and O–H groups in total. The predicted molar refractivity (Wildman–Crippen MR) is 66.3 cm³/mol. The van der Waals surface area contributed by atoms with Gasteiger partial charge in [0.15, 0.2) is 0 Å². The van der Waals surface area contributed by atoms with Crippen LogP contribution in [0.3, 0.4) is 0 Å². The van der Waals surface area contributed by atoms with Gasteiger partial charge in [0.25, 0.3) is 0 Å². The highest BCUT2D eigenvalue weighted by molar-refractivity contribution is 7.03. The van der Waals surface area contributed by atoms with Gasteiger partial charge in [-0.2, -0.15) is 0 Å². The van der Waals surface area contributed by atoms with Crippen molar-refractivity contribution in [2.24, 2.45) is 5.92 Å². The van der Waals surface area contributed by atoms with Gasteiger partial charge in [-0.1, -0.05) is 59.2 Å². The summed E-state index contributed by atoms with van der Waals surface area (Å²) >= 11 is 0. The molecule has 0 aromatic heterocycles. The molecule has 0 bridgehead atoms. The summed E-state index contributed by atoms with van der Waals surface area (Å²) in [4.78, 5) is 11.9. The van der Waals surface area contributed by atoms with Gasteiger partial charge in [0.1, 0.15) is 13.5 Å². The van der Waals surface area contributed by atoms with Crippen LogP contribution in [0.25, 0.3) is 0 Å². The predicted octanol–water partition coefficient (Wildman–Crippen LogP) is 4.04. The Morgan fingerprint density at radius 2 is 1.79 bits per heavy atom. The third-order valence-electron chi connectivity index (χ3n) is 2.85. The van der Waals surface area contributed by atoms with Crippen molar-refractivity contribution < 1.29 is 4.79 Å². The molecule has 1 unspecified atom stereocenters. The molecule has 0 aromatic rings. The number of hydrogen-bond donors (Lipinski definition) is 0. The molecule has 0 aliphatic rings. The molecule has 0 saturated heterocycles. The first-order valence-corrected chi connectivity index (χ1v) is 9.45. The van der Waals surface area contributed by atoms with E-state index in [-0.39, 0.29) is 0 Å². The van der Waals surface area contributed by atoms with Gasteiger partial charge < -0.3 is 4.79 Å². The maximum absolute atomic E-state index is 11.9. The van der Waals surface area contributed by atoms with Crippen LogP contribution in [-0.2, 0) is 4.79 Å². The Morgan fingerprint density at radius 3 is 2.14 bits per heavy atom. The molecule has 0 fully saturated rings. The quantitative estimate of drug-likeness (QED) is 0.585. The van der Waals surface area contributed by atoms with Crippen LogP contribution in [-0.4, -0.2) is 13.5 Å². The minimum Gasteiger partial charge on any atom is -0.305 e. The number of carbonyl (C=O) groups excluding carboxylic acids is 1. The average Bonchev–Trinajstić information content (AvgIpc) is 2.10. The summed E-state index contributed by atoms with van der Waals surface area (Å²) in [5, 5.41) is 0.556. The van der Waals surface area contributed by atoms with E-state index in [2.05, 4.69) is 33.5 Å². The van der Waals surface area contributed by atoms with Crippen molar-refractivity contribution in [2.75, 3.05) is 0 Å². The van der Waals surface area contributed by atoms with Crippen molar-refractivity contribution in [1.82, 2.24) is 0 Å². The SMILES string of the molecule is CCCCC(CC)CC(=O)[Si](C)(C)C. The Morgan fingerprint density at radius 1 is 1.21 bits per heavy atom. The van der Waals surface area contributed by atoms with Gasteiger partial charge >= 0.3 is 0 Å². The van der Waals surface area contributed by atoms with Crippen LogP contribution in [0.2, 0.25) is 19.6 Å². The highest BCUT2D eigenvalue weighted by Gasteiger charge is 2.25. The standard InChI is InChI=1S/C12H26OSi/c1-6-8-9-11(7-2)10-12(13)14(3,4)5/h11H,6-10H2,1-5H3. The summed E-state index contributed by atoms with van der Waals surface area (Å²) in [5.74, 6) is 0.647. The molecule has 0 aromatic carbocycles. The highest BCUT2D eigenvalue weighted by atomic mass is 28.3. The van der Waals surface area contributed by atoms with Crippen molar-refractivity contribution >= 4 is 13.5 Å². The lowest BCUT2D eigenvalue weighted by molar-refractivity contribution is -0.113. The second-order valence-corrected chi connectivity index (χ2v) is 10.4. The fourth-order valence-electron chi connectivity index (χ4n) is 1.51. The van der Waals surface area contributed by atoms with E-state index in [1.54, 1.807) is 0 Å². The Kier molecular flexibility index (Phi) is 6.33. The molecule has 0 rings (SSSR count). The molecule has 0 aliphatic heterocycles. The molecular weight excluding hydrogens is 188 g/mol. The third-order valence-corrected chi connectivity index (χ3v) is 4.73. The maximum atomic E-state index is 11.9. The molecule has 0 saturated carbocycles. The molecule has 1 nitrogen and oxygen atoms in total. The second-order valence-electron chi connectivity index (χ2n) is 5.29. The zero-order chi connectivity index (χ0) is 11.2. The zero-order valence-corrected chi connectivity index (χ0v) is 11.5. The summed E-state index contributed by atoms with van der Waals surface area (Å²) in [7, 11) is -1.52. The van der Waals surface area contributed by atoms with Gasteiger partial charge in [0.2, 0.25) is 0 Å². The van der Waals surface area contributed by atoms with Gasteiger partial charge in [0.05, 0.1) is 0 Å². The fourth-order valence-corrected chi connectivity index (χ4v) is 2.41. The van der Waals surface area contributed by atoms with Crippen molar-refractivity contribution in [2.45, 2.75) is 65.6 Å². The molecule has 14 heavy (non-hydrogen) atoms. The normalized spacial score (nSPS) is 14.1. The summed E-state index contributed by atoms with van der Waals surface area (Å²) in [6, 6.07) is 0. The van der Waals surface area contributed by atoms with Crippen molar-refractivity contribution in [3.63, 3.8) is 0 Å². The van der Waals surface area contributed by atoms with Gasteiger partial charge in [0, 0.05) is 6.42 Å². The highest BCUT2D eigenvalue weighted by Crippen LogP contribution is 2.19. The summed E-state index contributed by atoms with van der Waals surface area (Å²) < 4.78 is 0. The van der Waals surface area contributed by atoms with Crippen LogP contribution in [0.15, 0.2) is 0 Å². The molecule has 0 radical (unpaired) electrons. The fraction of sp³-hybridized carbons (Fsp3) is 0.917. The zero-order valence-electron chi connectivity index (χ0n) is 10.5. The van der Waals surface area contributed by atoms with Crippen LogP contribution in [0.5, 0.6) is 0 Å². The van der Waals surface area contributed by atoms with E-state index in [0.717, 1.165) is 12.8 Å². The van der Waals surface area contributed by atoms with Crippen LogP contribution in [0.4, 0.5) is 0 Å². The number of rotatable bonds is 7. The smallest absolute Gasteiger partial charge is 0.123 e. The molecule has 0 heterocycles. The Balaban J connectivity index is 3.99. The molecule has 0 aliphatic carbocycles. The lowest BCUT2D eigenvalue weighted by Gasteiger charge is -2.19. The van der Waals surface area contributed by atoms with Gasteiger partial charge in [-0.3, -0.25) is 0 Å². The Hall–Kier alpha value is -0.113. The van der Waals surface area contributed by atoms with E-state index in [1.165, 1.54) is 19.3 Å². The number of unbranched alkanes of at least 4 members (excludes halogenated alkanes) is 1. The van der Waals surface area contributed by atoms with E-state index in [9.17, 15) is 4.79 Å². The van der Waals surface area contributed by atoms with E-state index in [4.69, 9.17) is 0 Å². The minimum atomic E-state index is -1.52. The molecule has 0 spiro atoms. The molecular formula is C12H26OSi. The second kappa shape index (κ2) is 6.39. The summed E-state index contributed by atoms with van der Waals surface area (Å²) in [6.45, 7) is 10.9. The van der Waals surface area contributed by atoms with E-state index < -0.39 is 8.07 Å². The summed E-state index contributed by atoms with van der Waals surface area (Å²) in [5.41, 5.74) is 0. The number of carbonyl (C=O) groups is 1. The Labute approximate surface area is 90.3 Å². The molecule has 1 atom stereocenters. The van der Waals surface area contributed by atoms with Crippen molar-refractivity contribution in [3.8, 4) is 0 Å². The maximum Gasteiger partial charge on any atom is 0.123 e. The van der Waals surface area contributed by atoms with Gasteiger partial charge in [-0.05, 0) is 5.92 Å². The third kappa shape index (κ3) is 5.58. The first kappa shape index (κ1) is 13.9. The largest absolute Gasteiger partial charge is 0.305 e. The lowest BCUT2D eigenvalue weighted by Crippen LogP contribution is -2.34. The topological polar surface area (TPSA) is 17.1 Å². The van der Waals surface area contributed by atoms with Gasteiger partial charge in [-0.25, -0.2) is 0 Å². The van der Waals surface area contributed by atoms with Crippen LogP contribution in [0.1, 0.15) is 46.0 Å². The van der Waals surface area contributed by atoms with E-state index in [0.29, 0.717) is 11.3 Å². The van der Waals surface area contributed by atoms with Crippen molar-refractivity contribution in [1.29, 1.82) is 0 Å². The van der Waals surface area contributed by atoms with Crippen LogP contribution < -0.4 is 0 Å². The lowest BCUT2D eigenvalue weighted by atomic mass is 9.96. The van der Waals surface area contributed by atoms with Gasteiger partial charge in [-0.15, -0.1) is 0 Å². The monoisotopic (exact) mass is 214 g/mol. The Bertz CT molecular complexity index is 170.